The first-order valence-electron chi connectivity index (χ1n) is 8.81. The van der Waals surface area contributed by atoms with E-state index in [0.29, 0.717) is 12.3 Å². The number of rotatable bonds is 4. The van der Waals surface area contributed by atoms with E-state index in [0.717, 1.165) is 31.5 Å². The van der Waals surface area contributed by atoms with Crippen molar-refractivity contribution in [1.82, 2.24) is 4.90 Å². The van der Waals surface area contributed by atoms with E-state index in [1.807, 2.05) is 30.0 Å². The first-order chi connectivity index (χ1) is 11.6. The van der Waals surface area contributed by atoms with Crippen LogP contribution in [0.2, 0.25) is 0 Å². The van der Waals surface area contributed by atoms with Gasteiger partial charge in [0.25, 0.3) is 0 Å². The molecule has 0 bridgehead atoms. The molecule has 3 heteroatoms. The summed E-state index contributed by atoms with van der Waals surface area (Å²) < 4.78 is 0. The van der Waals surface area contributed by atoms with Crippen LogP contribution in [0.15, 0.2) is 54.6 Å². The second-order valence-electron chi connectivity index (χ2n) is 6.84. The summed E-state index contributed by atoms with van der Waals surface area (Å²) in [5.74, 6) is 0.649. The Morgan fingerprint density at radius 1 is 1.12 bits per heavy atom. The number of amides is 1. The number of carbonyl (C=O) groups excluding carboxylic acids is 1. The largest absolute Gasteiger partial charge is 0.342 e. The van der Waals surface area contributed by atoms with Crippen molar-refractivity contribution < 1.29 is 4.79 Å². The Morgan fingerprint density at radius 2 is 1.79 bits per heavy atom. The lowest BCUT2D eigenvalue weighted by Gasteiger charge is -2.34. The molecule has 2 aromatic carbocycles. The number of hydrogen-bond acceptors (Lipinski definition) is 2. The van der Waals surface area contributed by atoms with Gasteiger partial charge >= 0.3 is 0 Å². The number of hydrogen-bond donors (Lipinski definition) is 1. The summed E-state index contributed by atoms with van der Waals surface area (Å²) in [6.45, 7) is 3.71. The van der Waals surface area contributed by atoms with Crippen LogP contribution in [-0.4, -0.2) is 29.9 Å². The molecule has 2 atom stereocenters. The molecule has 0 radical (unpaired) electrons. The van der Waals surface area contributed by atoms with E-state index in [1.54, 1.807) is 0 Å². The second-order valence-corrected chi connectivity index (χ2v) is 6.84. The van der Waals surface area contributed by atoms with Crippen LogP contribution in [-0.2, 0) is 11.2 Å². The molecule has 1 fully saturated rings. The summed E-state index contributed by atoms with van der Waals surface area (Å²) in [5.41, 5.74) is 9.47. The summed E-state index contributed by atoms with van der Waals surface area (Å²) in [4.78, 5) is 14.6. The van der Waals surface area contributed by atoms with E-state index in [1.165, 1.54) is 11.1 Å². The van der Waals surface area contributed by atoms with Gasteiger partial charge in [0.05, 0.1) is 6.42 Å². The Kier molecular flexibility index (Phi) is 5.31. The average molecular weight is 322 g/mol. The molecular formula is C21H26N2O. The Bertz CT molecular complexity index is 664. The maximum atomic E-state index is 12.6. The van der Waals surface area contributed by atoms with Crippen LogP contribution in [0, 0.1) is 5.92 Å². The predicted molar refractivity (Wildman–Crippen MR) is 98.5 cm³/mol. The van der Waals surface area contributed by atoms with Crippen LogP contribution in [0.25, 0.3) is 11.1 Å². The highest BCUT2D eigenvalue weighted by Crippen LogP contribution is 2.21. The lowest BCUT2D eigenvalue weighted by Crippen LogP contribution is -2.45. The van der Waals surface area contributed by atoms with E-state index in [9.17, 15) is 4.79 Å². The van der Waals surface area contributed by atoms with Gasteiger partial charge in [0, 0.05) is 19.1 Å². The molecule has 3 nitrogen and oxygen atoms in total. The van der Waals surface area contributed by atoms with Gasteiger partial charge in [-0.3, -0.25) is 4.79 Å². The first-order valence-corrected chi connectivity index (χ1v) is 8.81. The number of likely N-dealkylation sites (tertiary alicyclic amines) is 1. The Hall–Kier alpha value is -2.13. The van der Waals surface area contributed by atoms with Crippen molar-refractivity contribution in [2.75, 3.05) is 13.1 Å². The van der Waals surface area contributed by atoms with Crippen molar-refractivity contribution in [2.24, 2.45) is 11.7 Å². The van der Waals surface area contributed by atoms with Gasteiger partial charge in [-0.05, 0) is 42.4 Å². The van der Waals surface area contributed by atoms with Crippen LogP contribution >= 0.6 is 0 Å². The van der Waals surface area contributed by atoms with Crippen LogP contribution in [0.3, 0.4) is 0 Å². The Labute approximate surface area is 144 Å². The van der Waals surface area contributed by atoms with Gasteiger partial charge in [-0.25, -0.2) is 0 Å². The quantitative estimate of drug-likeness (QED) is 0.936. The molecule has 0 aliphatic carbocycles. The van der Waals surface area contributed by atoms with Gasteiger partial charge < -0.3 is 10.6 Å². The van der Waals surface area contributed by atoms with E-state index >= 15 is 0 Å². The zero-order valence-electron chi connectivity index (χ0n) is 14.3. The van der Waals surface area contributed by atoms with Gasteiger partial charge in [-0.1, -0.05) is 54.6 Å². The first kappa shape index (κ1) is 16.7. The van der Waals surface area contributed by atoms with Crippen molar-refractivity contribution >= 4 is 5.91 Å². The van der Waals surface area contributed by atoms with E-state index in [-0.39, 0.29) is 11.9 Å². The lowest BCUT2D eigenvalue weighted by atomic mass is 9.92. The molecule has 0 saturated carbocycles. The Morgan fingerprint density at radius 3 is 2.46 bits per heavy atom. The van der Waals surface area contributed by atoms with Crippen molar-refractivity contribution in [3.8, 4) is 11.1 Å². The predicted octanol–water partition coefficient (Wildman–Crippen LogP) is 3.48. The van der Waals surface area contributed by atoms with Crippen molar-refractivity contribution in [3.63, 3.8) is 0 Å². The fourth-order valence-corrected chi connectivity index (χ4v) is 3.40. The Balaban J connectivity index is 1.62. The summed E-state index contributed by atoms with van der Waals surface area (Å²) in [6, 6.07) is 18.8. The highest BCUT2D eigenvalue weighted by atomic mass is 16.2. The summed E-state index contributed by atoms with van der Waals surface area (Å²) in [5, 5.41) is 0. The molecule has 3 rings (SSSR count). The van der Waals surface area contributed by atoms with Gasteiger partial charge in [0.2, 0.25) is 5.91 Å². The minimum Gasteiger partial charge on any atom is -0.342 e. The highest BCUT2D eigenvalue weighted by Gasteiger charge is 2.25. The molecule has 0 aromatic heterocycles. The standard InChI is InChI=1S/C21H26N2O/c1-16(22)20-8-5-13-23(15-20)21(24)14-17-9-11-19(12-10-17)18-6-3-2-4-7-18/h2-4,6-7,9-12,16,20H,5,8,13-15,22H2,1H3. The number of piperidine rings is 1. The smallest absolute Gasteiger partial charge is 0.226 e. The van der Waals surface area contributed by atoms with Crippen LogP contribution in [0.5, 0.6) is 0 Å². The molecule has 24 heavy (non-hydrogen) atoms. The SMILES string of the molecule is CC(N)C1CCCN(C(=O)Cc2ccc(-c3ccccc3)cc2)C1. The zero-order chi connectivity index (χ0) is 16.9. The molecule has 126 valence electrons. The maximum Gasteiger partial charge on any atom is 0.226 e. The molecule has 2 aromatic rings. The third-order valence-electron chi connectivity index (χ3n) is 4.97. The minimum atomic E-state index is 0.158. The average Bonchev–Trinajstić information content (AvgIpc) is 2.63. The summed E-state index contributed by atoms with van der Waals surface area (Å²) in [6.07, 6.45) is 2.67. The highest BCUT2D eigenvalue weighted by molar-refractivity contribution is 5.79. The molecule has 1 aliphatic heterocycles. The second kappa shape index (κ2) is 7.63. The fraction of sp³-hybridized carbons (Fsp3) is 0.381. The molecule has 1 aliphatic rings. The third kappa shape index (κ3) is 4.04. The lowest BCUT2D eigenvalue weighted by molar-refractivity contribution is -0.132. The maximum absolute atomic E-state index is 12.6. The van der Waals surface area contributed by atoms with Gasteiger partial charge in [-0.2, -0.15) is 0 Å². The normalized spacial score (nSPS) is 19.1. The van der Waals surface area contributed by atoms with Crippen LogP contribution < -0.4 is 5.73 Å². The van der Waals surface area contributed by atoms with Gasteiger partial charge in [-0.15, -0.1) is 0 Å². The molecule has 0 spiro atoms. The molecule has 2 N–H and O–H groups in total. The van der Waals surface area contributed by atoms with Gasteiger partial charge in [0.15, 0.2) is 0 Å². The molecule has 1 amide bonds. The van der Waals surface area contributed by atoms with Crippen LogP contribution in [0.4, 0.5) is 0 Å². The van der Waals surface area contributed by atoms with Crippen molar-refractivity contribution in [1.29, 1.82) is 0 Å². The van der Waals surface area contributed by atoms with Gasteiger partial charge in [0.1, 0.15) is 0 Å². The minimum absolute atomic E-state index is 0.158. The topological polar surface area (TPSA) is 46.3 Å². The van der Waals surface area contributed by atoms with Crippen molar-refractivity contribution in [2.45, 2.75) is 32.2 Å². The van der Waals surface area contributed by atoms with Crippen LogP contribution in [0.1, 0.15) is 25.3 Å². The number of nitrogens with zero attached hydrogens (tertiary/aromatic N) is 1. The zero-order valence-corrected chi connectivity index (χ0v) is 14.3. The molecule has 1 saturated heterocycles. The van der Waals surface area contributed by atoms with E-state index in [2.05, 4.69) is 36.4 Å². The third-order valence-corrected chi connectivity index (χ3v) is 4.97. The van der Waals surface area contributed by atoms with E-state index in [4.69, 9.17) is 5.73 Å². The molecular weight excluding hydrogens is 296 g/mol. The number of benzene rings is 2. The van der Waals surface area contributed by atoms with Crippen molar-refractivity contribution in [3.05, 3.63) is 60.2 Å². The fourth-order valence-electron chi connectivity index (χ4n) is 3.40. The molecule has 2 unspecified atom stereocenters. The summed E-state index contributed by atoms with van der Waals surface area (Å²) in [7, 11) is 0. The molecule has 1 heterocycles. The van der Waals surface area contributed by atoms with E-state index < -0.39 is 0 Å². The monoisotopic (exact) mass is 322 g/mol. The summed E-state index contributed by atoms with van der Waals surface area (Å²) >= 11 is 0. The number of carbonyl (C=O) groups is 1. The number of nitrogens with two attached hydrogens (primary N) is 1.